The zero-order valence-electron chi connectivity index (χ0n) is 20.7. The van der Waals surface area contributed by atoms with Gasteiger partial charge in [-0.25, -0.2) is 4.79 Å². The molecule has 2 aliphatic heterocycles. The third kappa shape index (κ3) is 5.51. The van der Waals surface area contributed by atoms with E-state index in [9.17, 15) is 9.90 Å². The van der Waals surface area contributed by atoms with Crippen molar-refractivity contribution >= 4 is 17.8 Å². The lowest BCUT2D eigenvalue weighted by Crippen LogP contribution is -2.54. The highest BCUT2D eigenvalue weighted by molar-refractivity contribution is 5.68. The van der Waals surface area contributed by atoms with Gasteiger partial charge in [-0.15, -0.1) is 5.10 Å². The molecule has 0 spiro atoms. The molecule has 34 heavy (non-hydrogen) atoms. The second kappa shape index (κ2) is 10.3. The van der Waals surface area contributed by atoms with Gasteiger partial charge in [0.25, 0.3) is 0 Å². The van der Waals surface area contributed by atoms with Gasteiger partial charge in [0, 0.05) is 37.9 Å². The second-order valence-electron chi connectivity index (χ2n) is 9.66. The molecule has 3 heterocycles. The number of carbonyl (C=O) groups is 1. The Bertz CT molecular complexity index is 1010. The van der Waals surface area contributed by atoms with Crippen LogP contribution in [0.25, 0.3) is 0 Å². The van der Waals surface area contributed by atoms with Crippen LogP contribution in [0.3, 0.4) is 0 Å². The molecule has 1 aromatic heterocycles. The third-order valence-corrected chi connectivity index (χ3v) is 6.47. The minimum absolute atomic E-state index is 0.0825. The van der Waals surface area contributed by atoms with Crippen molar-refractivity contribution < 1.29 is 19.1 Å². The fraction of sp³-hybridized carbons (Fsp3) is 0.625. The van der Waals surface area contributed by atoms with E-state index in [1.165, 1.54) is 5.56 Å². The Labute approximate surface area is 200 Å². The van der Waals surface area contributed by atoms with Crippen molar-refractivity contribution in [1.82, 2.24) is 25.3 Å². The molecule has 3 N–H and O–H groups in total. The van der Waals surface area contributed by atoms with Crippen LogP contribution in [-0.4, -0.2) is 75.6 Å². The van der Waals surface area contributed by atoms with Crippen molar-refractivity contribution in [2.75, 3.05) is 31.5 Å². The molecule has 3 atom stereocenters. The van der Waals surface area contributed by atoms with E-state index in [1.807, 2.05) is 18.7 Å². The van der Waals surface area contributed by atoms with Gasteiger partial charge in [0.05, 0.1) is 12.2 Å². The second-order valence-corrected chi connectivity index (χ2v) is 9.66. The van der Waals surface area contributed by atoms with Crippen LogP contribution < -0.4 is 10.6 Å². The number of nitrogens with one attached hydrogen (secondary N) is 2. The van der Waals surface area contributed by atoms with Crippen LogP contribution in [-0.2, 0) is 11.3 Å². The molecule has 0 radical (unpaired) electrons. The number of aromatic nitrogens is 2. The van der Waals surface area contributed by atoms with Crippen molar-refractivity contribution in [2.24, 2.45) is 0 Å². The van der Waals surface area contributed by atoms with Gasteiger partial charge in [-0.05, 0) is 70.3 Å². The summed E-state index contributed by atoms with van der Waals surface area (Å²) < 4.78 is 11.2. The number of carbonyl (C=O) groups excluding carboxylic acids is 1. The smallest absolute Gasteiger partial charge is 0.410 e. The maximum absolute atomic E-state index is 12.3. The summed E-state index contributed by atoms with van der Waals surface area (Å²) >= 11 is 0. The van der Waals surface area contributed by atoms with Crippen LogP contribution in [0, 0.1) is 13.8 Å². The summed E-state index contributed by atoms with van der Waals surface area (Å²) in [6, 6.07) is 4.33. The monoisotopic (exact) mass is 472 g/mol. The van der Waals surface area contributed by atoms with Crippen molar-refractivity contribution in [1.29, 1.82) is 0 Å². The number of piperazine rings is 1. The number of benzene rings is 1. The van der Waals surface area contributed by atoms with Crippen LogP contribution in [0.15, 0.2) is 16.5 Å². The van der Waals surface area contributed by atoms with E-state index in [-0.39, 0.29) is 24.3 Å². The normalized spacial score (nSPS) is 23.5. The van der Waals surface area contributed by atoms with Gasteiger partial charge in [-0.1, -0.05) is 11.2 Å². The first-order valence-electron chi connectivity index (χ1n) is 12.0. The number of hydrogen-bond acceptors (Lipinski definition) is 9. The van der Waals surface area contributed by atoms with E-state index in [0.717, 1.165) is 43.0 Å². The highest BCUT2D eigenvalue weighted by atomic mass is 16.6. The third-order valence-electron chi connectivity index (χ3n) is 6.47. The lowest BCUT2D eigenvalue weighted by atomic mass is 10.0. The molecule has 1 aromatic carbocycles. The van der Waals surface area contributed by atoms with Crippen molar-refractivity contribution in [2.45, 2.75) is 71.9 Å². The fourth-order valence-corrected chi connectivity index (χ4v) is 4.65. The molecule has 1 amide bonds. The highest BCUT2D eigenvalue weighted by Gasteiger charge is 2.31. The van der Waals surface area contributed by atoms with Gasteiger partial charge in [-0.2, -0.15) is 0 Å². The van der Waals surface area contributed by atoms with E-state index in [0.29, 0.717) is 24.9 Å². The first-order valence-corrected chi connectivity index (χ1v) is 12.0. The van der Waals surface area contributed by atoms with E-state index in [2.05, 4.69) is 58.6 Å². The molecule has 4 rings (SSSR count). The Morgan fingerprint density at radius 1 is 1.32 bits per heavy atom. The van der Waals surface area contributed by atoms with Crippen LogP contribution >= 0.6 is 0 Å². The summed E-state index contributed by atoms with van der Waals surface area (Å²) in [6.45, 7) is 13.7. The van der Waals surface area contributed by atoms with Crippen LogP contribution in [0.1, 0.15) is 55.8 Å². The molecule has 10 heteroatoms. The van der Waals surface area contributed by atoms with Crippen molar-refractivity contribution in [3.8, 4) is 0 Å². The first-order chi connectivity index (χ1) is 16.2. The van der Waals surface area contributed by atoms with Gasteiger partial charge in [0.1, 0.15) is 6.04 Å². The largest absolute Gasteiger partial charge is 0.447 e. The summed E-state index contributed by atoms with van der Waals surface area (Å²) in [7, 11) is 0. The van der Waals surface area contributed by atoms with Gasteiger partial charge in [0.2, 0.25) is 5.89 Å². The van der Waals surface area contributed by atoms with E-state index in [4.69, 9.17) is 9.15 Å². The van der Waals surface area contributed by atoms with Crippen molar-refractivity contribution in [3.63, 3.8) is 0 Å². The fourth-order valence-electron chi connectivity index (χ4n) is 4.65. The number of nitrogens with zero attached hydrogens (tertiary/aromatic N) is 4. The van der Waals surface area contributed by atoms with Crippen molar-refractivity contribution in [3.05, 3.63) is 34.7 Å². The average Bonchev–Trinajstić information content (AvgIpc) is 3.39. The Morgan fingerprint density at radius 2 is 2.12 bits per heavy atom. The number of ether oxygens (including phenoxy) is 1. The molecule has 2 fully saturated rings. The summed E-state index contributed by atoms with van der Waals surface area (Å²) in [6.07, 6.45) is -0.203. The SMILES string of the molecule is Cc1cc(CN2CCN(C(=O)OC(C)C)[C@@H](C)C2)c(C)c(Nc2nnc([C@H]3NCC[C@H]3O)o2)c1. The topological polar surface area (TPSA) is 116 Å². The molecule has 0 saturated carbocycles. The Hall–Kier alpha value is -2.69. The number of hydrogen-bond donors (Lipinski definition) is 3. The standard InChI is InChI=1S/C24H36N6O4/c1-14(2)33-24(32)30-9-8-29(12-16(30)4)13-18-10-15(3)11-19(17(18)5)26-23-28-27-22(34-23)21-20(31)6-7-25-21/h10-11,14,16,20-21,25,31H,6-9,12-13H2,1-5H3,(H,26,28)/t16-,20+,21-/m0/s1. The molecule has 2 saturated heterocycles. The van der Waals surface area contributed by atoms with Gasteiger partial charge in [-0.3, -0.25) is 4.90 Å². The van der Waals surface area contributed by atoms with E-state index < -0.39 is 6.10 Å². The predicted molar refractivity (Wildman–Crippen MR) is 128 cm³/mol. The summed E-state index contributed by atoms with van der Waals surface area (Å²) in [4.78, 5) is 16.5. The van der Waals surface area contributed by atoms with Crippen LogP contribution in [0.4, 0.5) is 16.5 Å². The predicted octanol–water partition coefficient (Wildman–Crippen LogP) is 2.88. The minimum atomic E-state index is -0.518. The molecule has 2 aliphatic rings. The summed E-state index contributed by atoms with van der Waals surface area (Å²) in [5, 5.41) is 24.8. The van der Waals surface area contributed by atoms with Gasteiger partial charge < -0.3 is 29.8 Å². The number of aryl methyl sites for hydroxylation is 1. The molecule has 0 aliphatic carbocycles. The highest BCUT2D eigenvalue weighted by Crippen LogP contribution is 2.29. The molecular weight excluding hydrogens is 436 g/mol. The number of aliphatic hydroxyl groups excluding tert-OH is 1. The number of amides is 1. The van der Waals surface area contributed by atoms with Gasteiger partial charge in [0.15, 0.2) is 0 Å². The molecule has 0 bridgehead atoms. The molecule has 2 aromatic rings. The molecule has 186 valence electrons. The average molecular weight is 473 g/mol. The lowest BCUT2D eigenvalue weighted by Gasteiger charge is -2.39. The maximum Gasteiger partial charge on any atom is 0.410 e. The Balaban J connectivity index is 1.42. The maximum atomic E-state index is 12.3. The lowest BCUT2D eigenvalue weighted by molar-refractivity contribution is 0.0349. The summed E-state index contributed by atoms with van der Waals surface area (Å²) in [5.74, 6) is 0.390. The minimum Gasteiger partial charge on any atom is -0.447 e. The van der Waals surface area contributed by atoms with E-state index in [1.54, 1.807) is 0 Å². The van der Waals surface area contributed by atoms with Crippen LogP contribution in [0.5, 0.6) is 0 Å². The molecular formula is C24H36N6O4. The zero-order chi connectivity index (χ0) is 24.4. The van der Waals surface area contributed by atoms with Gasteiger partial charge >= 0.3 is 12.1 Å². The summed E-state index contributed by atoms with van der Waals surface area (Å²) in [5.41, 5.74) is 4.36. The zero-order valence-corrected chi connectivity index (χ0v) is 20.7. The Kier molecular flexibility index (Phi) is 7.39. The molecule has 0 unspecified atom stereocenters. The first kappa shape index (κ1) is 24.4. The Morgan fingerprint density at radius 3 is 2.79 bits per heavy atom. The number of anilines is 2. The van der Waals surface area contributed by atoms with Crippen LogP contribution in [0.2, 0.25) is 0 Å². The van der Waals surface area contributed by atoms with E-state index >= 15 is 0 Å². The molecule has 10 nitrogen and oxygen atoms in total. The number of rotatable bonds is 6. The quantitative estimate of drug-likeness (QED) is 0.583. The number of aliphatic hydroxyl groups is 1.